The summed E-state index contributed by atoms with van der Waals surface area (Å²) >= 11 is 1.59. The van der Waals surface area contributed by atoms with Crippen LogP contribution in [0.5, 0.6) is 5.88 Å². The summed E-state index contributed by atoms with van der Waals surface area (Å²) in [6, 6.07) is 0.533. The molecule has 2 rings (SSSR count). The Kier molecular flexibility index (Phi) is 4.15. The molecule has 0 radical (unpaired) electrons. The highest BCUT2D eigenvalue weighted by Crippen LogP contribution is 2.38. The molecule has 0 amide bonds. The topological polar surface area (TPSA) is 45.2 Å². The predicted octanol–water partition coefficient (Wildman–Crippen LogP) is 4.28. The van der Waals surface area contributed by atoms with Crippen LogP contribution in [0.3, 0.4) is 0 Å². The second kappa shape index (κ2) is 5.47. The van der Waals surface area contributed by atoms with Gasteiger partial charge in [-0.25, -0.2) is 0 Å². The molecule has 4 heteroatoms. The molecule has 0 aliphatic heterocycles. The molecule has 1 aliphatic carbocycles. The van der Waals surface area contributed by atoms with Crippen LogP contribution in [-0.4, -0.2) is 16.1 Å². The number of aromatic hydroxyl groups is 1. The highest BCUT2D eigenvalue weighted by Gasteiger charge is 2.24. The van der Waals surface area contributed by atoms with Gasteiger partial charge < -0.3 is 10.4 Å². The molecule has 0 atom stereocenters. The molecule has 1 aromatic rings. The summed E-state index contributed by atoms with van der Waals surface area (Å²) in [4.78, 5) is 5.24. The van der Waals surface area contributed by atoms with Gasteiger partial charge in [-0.05, 0) is 12.8 Å². The van der Waals surface area contributed by atoms with E-state index in [9.17, 15) is 5.11 Å². The zero-order valence-corrected chi connectivity index (χ0v) is 12.4. The van der Waals surface area contributed by atoms with E-state index in [-0.39, 0.29) is 11.3 Å². The lowest BCUT2D eigenvalue weighted by Gasteiger charge is -2.16. The van der Waals surface area contributed by atoms with Gasteiger partial charge in [-0.1, -0.05) is 57.8 Å². The fraction of sp³-hybridized carbons (Fsp3) is 0.786. The van der Waals surface area contributed by atoms with Crippen molar-refractivity contribution in [1.29, 1.82) is 0 Å². The smallest absolute Gasteiger partial charge is 0.227 e. The van der Waals surface area contributed by atoms with E-state index in [2.05, 4.69) is 31.1 Å². The first-order chi connectivity index (χ1) is 8.47. The number of hydrogen-bond acceptors (Lipinski definition) is 4. The van der Waals surface area contributed by atoms with E-state index in [1.165, 1.54) is 38.5 Å². The van der Waals surface area contributed by atoms with E-state index in [4.69, 9.17) is 0 Å². The number of hydrogen-bond donors (Lipinski definition) is 2. The number of nitrogens with zero attached hydrogens (tertiary/aromatic N) is 1. The van der Waals surface area contributed by atoms with Crippen LogP contribution in [0.1, 0.15) is 64.2 Å². The third-order valence-electron chi connectivity index (χ3n) is 3.47. The second-order valence-corrected chi connectivity index (χ2v) is 7.25. The van der Waals surface area contributed by atoms with Gasteiger partial charge in [-0.15, -0.1) is 0 Å². The second-order valence-electron chi connectivity index (χ2n) is 6.25. The van der Waals surface area contributed by atoms with Gasteiger partial charge in [0, 0.05) is 11.5 Å². The van der Waals surface area contributed by atoms with Crippen LogP contribution in [0, 0.1) is 0 Å². The summed E-state index contributed by atoms with van der Waals surface area (Å²) in [7, 11) is 0. The molecule has 0 bridgehead atoms. The van der Waals surface area contributed by atoms with Crippen molar-refractivity contribution in [3.8, 4) is 5.88 Å². The first-order valence-electron chi connectivity index (χ1n) is 6.93. The Morgan fingerprint density at radius 3 is 2.28 bits per heavy atom. The SMILES string of the molecule is CC(C)(C)c1sc(NC2CCCCCC2)nc1O. The molecule has 102 valence electrons. The molecule has 1 aromatic heterocycles. The third-order valence-corrected chi connectivity index (χ3v) is 4.87. The van der Waals surface area contributed by atoms with Crippen molar-refractivity contribution < 1.29 is 5.11 Å². The van der Waals surface area contributed by atoms with Crippen LogP contribution in [0.4, 0.5) is 5.13 Å². The molecule has 0 aromatic carbocycles. The van der Waals surface area contributed by atoms with Crippen molar-refractivity contribution in [2.75, 3.05) is 5.32 Å². The molecule has 0 spiro atoms. The van der Waals surface area contributed by atoms with Gasteiger partial charge in [0.25, 0.3) is 0 Å². The van der Waals surface area contributed by atoms with Crippen molar-refractivity contribution in [1.82, 2.24) is 4.98 Å². The Bertz CT molecular complexity index is 387. The first kappa shape index (κ1) is 13.7. The average molecular weight is 268 g/mol. The monoisotopic (exact) mass is 268 g/mol. The van der Waals surface area contributed by atoms with Gasteiger partial charge in [0.2, 0.25) is 5.88 Å². The van der Waals surface area contributed by atoms with Crippen molar-refractivity contribution in [2.45, 2.75) is 70.8 Å². The highest BCUT2D eigenvalue weighted by molar-refractivity contribution is 7.16. The Hall–Kier alpha value is -0.770. The molecule has 3 nitrogen and oxygen atoms in total. The highest BCUT2D eigenvalue weighted by atomic mass is 32.1. The minimum atomic E-state index is -0.0366. The predicted molar refractivity (Wildman–Crippen MR) is 77.6 cm³/mol. The van der Waals surface area contributed by atoms with Gasteiger partial charge in [0.15, 0.2) is 5.13 Å². The minimum Gasteiger partial charge on any atom is -0.492 e. The summed E-state index contributed by atoms with van der Waals surface area (Å²) in [5.41, 5.74) is -0.0366. The van der Waals surface area contributed by atoms with Crippen molar-refractivity contribution in [3.63, 3.8) is 0 Å². The van der Waals surface area contributed by atoms with E-state index >= 15 is 0 Å². The van der Waals surface area contributed by atoms with Gasteiger partial charge in [-0.3, -0.25) is 0 Å². The number of anilines is 1. The summed E-state index contributed by atoms with van der Waals surface area (Å²) in [6.07, 6.45) is 7.78. The Morgan fingerprint density at radius 1 is 1.17 bits per heavy atom. The maximum Gasteiger partial charge on any atom is 0.227 e. The molecule has 2 N–H and O–H groups in total. The quantitative estimate of drug-likeness (QED) is 0.787. The number of rotatable bonds is 2. The average Bonchev–Trinajstić information content (AvgIpc) is 2.49. The lowest BCUT2D eigenvalue weighted by Crippen LogP contribution is -2.17. The minimum absolute atomic E-state index is 0.0366. The third kappa shape index (κ3) is 3.37. The van der Waals surface area contributed by atoms with Gasteiger partial charge >= 0.3 is 0 Å². The van der Waals surface area contributed by atoms with Crippen LogP contribution >= 0.6 is 11.3 Å². The fourth-order valence-electron chi connectivity index (χ4n) is 2.46. The van der Waals surface area contributed by atoms with E-state index in [1.54, 1.807) is 11.3 Å². The first-order valence-corrected chi connectivity index (χ1v) is 7.75. The Morgan fingerprint density at radius 2 is 1.78 bits per heavy atom. The molecule has 1 saturated carbocycles. The molecule has 1 heterocycles. The van der Waals surface area contributed by atoms with Crippen molar-refractivity contribution in [3.05, 3.63) is 4.88 Å². The summed E-state index contributed by atoms with van der Waals surface area (Å²) in [6.45, 7) is 6.32. The summed E-state index contributed by atoms with van der Waals surface area (Å²) in [5.74, 6) is 0.198. The maximum absolute atomic E-state index is 9.91. The molecular formula is C14H24N2OS. The van der Waals surface area contributed by atoms with Crippen LogP contribution < -0.4 is 5.32 Å². The van der Waals surface area contributed by atoms with E-state index in [0.717, 1.165) is 10.0 Å². The van der Waals surface area contributed by atoms with Gasteiger partial charge in [-0.2, -0.15) is 4.98 Å². The van der Waals surface area contributed by atoms with E-state index < -0.39 is 0 Å². The zero-order valence-electron chi connectivity index (χ0n) is 11.6. The number of thiazole rings is 1. The van der Waals surface area contributed by atoms with Crippen molar-refractivity contribution in [2.24, 2.45) is 0 Å². The molecule has 1 fully saturated rings. The standard InChI is InChI=1S/C14H24N2OS/c1-14(2,3)11-12(17)16-13(18-11)15-10-8-6-4-5-7-9-10/h10,17H,4-9H2,1-3H3,(H,15,16). The van der Waals surface area contributed by atoms with E-state index in [0.29, 0.717) is 6.04 Å². The number of nitrogens with one attached hydrogen (secondary N) is 1. The molecule has 0 unspecified atom stereocenters. The van der Waals surface area contributed by atoms with Gasteiger partial charge in [0.1, 0.15) is 0 Å². The molecule has 18 heavy (non-hydrogen) atoms. The largest absolute Gasteiger partial charge is 0.492 e. The Labute approximate surface area is 114 Å². The van der Waals surface area contributed by atoms with Crippen LogP contribution in [0.25, 0.3) is 0 Å². The lowest BCUT2D eigenvalue weighted by atomic mass is 9.95. The molecule has 1 aliphatic rings. The lowest BCUT2D eigenvalue weighted by molar-refractivity contribution is 0.435. The Balaban J connectivity index is 2.05. The van der Waals surface area contributed by atoms with Crippen molar-refractivity contribution >= 4 is 16.5 Å². The van der Waals surface area contributed by atoms with Crippen LogP contribution in [0.15, 0.2) is 0 Å². The zero-order chi connectivity index (χ0) is 13.2. The fourth-order valence-corrected chi connectivity index (χ4v) is 3.45. The molecule has 0 saturated heterocycles. The molecular weight excluding hydrogens is 244 g/mol. The van der Waals surface area contributed by atoms with Gasteiger partial charge in [0.05, 0.1) is 4.88 Å². The normalized spacial score (nSPS) is 18.6. The summed E-state index contributed by atoms with van der Waals surface area (Å²) < 4.78 is 0. The summed E-state index contributed by atoms with van der Waals surface area (Å²) in [5, 5.41) is 14.3. The van der Waals surface area contributed by atoms with Crippen LogP contribution in [0.2, 0.25) is 0 Å². The van der Waals surface area contributed by atoms with Crippen LogP contribution in [-0.2, 0) is 5.41 Å². The van der Waals surface area contributed by atoms with E-state index in [1.807, 2.05) is 0 Å². The maximum atomic E-state index is 9.91. The number of aromatic nitrogens is 1.